The van der Waals surface area contributed by atoms with Gasteiger partial charge in [0.25, 0.3) is 0 Å². The lowest BCUT2D eigenvalue weighted by Crippen LogP contribution is -2.46. The van der Waals surface area contributed by atoms with Gasteiger partial charge in [-0.1, -0.05) is 78.6 Å². The van der Waals surface area contributed by atoms with Crippen molar-refractivity contribution < 1.29 is 14.4 Å². The summed E-state index contributed by atoms with van der Waals surface area (Å²) >= 11 is 0. The Morgan fingerprint density at radius 3 is 1.31 bits per heavy atom. The van der Waals surface area contributed by atoms with Crippen molar-refractivity contribution >= 4 is 17.7 Å². The van der Waals surface area contributed by atoms with Gasteiger partial charge in [-0.15, -0.1) is 0 Å². The van der Waals surface area contributed by atoms with Crippen LogP contribution in [0, 0.1) is 23.7 Å². The van der Waals surface area contributed by atoms with E-state index in [1.54, 1.807) is 0 Å². The average molecular weight is 504 g/mol. The van der Waals surface area contributed by atoms with Gasteiger partial charge in [-0.2, -0.15) is 0 Å². The third-order valence-corrected chi connectivity index (χ3v) is 9.39. The topological polar surface area (TPSA) is 87.3 Å². The van der Waals surface area contributed by atoms with Gasteiger partial charge >= 0.3 is 0 Å². The predicted molar refractivity (Wildman–Crippen MR) is 145 cm³/mol. The van der Waals surface area contributed by atoms with Gasteiger partial charge in [0.1, 0.15) is 0 Å². The van der Waals surface area contributed by atoms with Gasteiger partial charge in [-0.3, -0.25) is 14.4 Å². The van der Waals surface area contributed by atoms with Crippen molar-refractivity contribution in [2.24, 2.45) is 23.7 Å². The Balaban J connectivity index is 1.58. The number of hydrogen-bond acceptors (Lipinski definition) is 3. The van der Waals surface area contributed by atoms with E-state index in [1.165, 1.54) is 19.3 Å². The second-order valence-electron chi connectivity index (χ2n) is 12.2. The van der Waals surface area contributed by atoms with Crippen molar-refractivity contribution in [3.05, 3.63) is 0 Å². The van der Waals surface area contributed by atoms with Crippen LogP contribution in [0.1, 0.15) is 130 Å². The number of carbonyl (C=O) groups is 3. The maximum Gasteiger partial charge on any atom is 0.224 e. The summed E-state index contributed by atoms with van der Waals surface area (Å²) in [6, 6.07) is 0.563. The minimum absolute atomic E-state index is 0.0801. The quantitative estimate of drug-likeness (QED) is 0.341. The van der Waals surface area contributed by atoms with E-state index in [9.17, 15) is 14.4 Å². The molecule has 0 heterocycles. The van der Waals surface area contributed by atoms with Crippen LogP contribution >= 0.6 is 0 Å². The van der Waals surface area contributed by atoms with Gasteiger partial charge < -0.3 is 16.0 Å². The molecule has 0 aromatic carbocycles. The highest BCUT2D eigenvalue weighted by Crippen LogP contribution is 2.29. The summed E-state index contributed by atoms with van der Waals surface area (Å²) < 4.78 is 0. The highest BCUT2D eigenvalue weighted by Gasteiger charge is 2.31. The van der Waals surface area contributed by atoms with Crippen LogP contribution in [-0.2, 0) is 14.4 Å². The summed E-state index contributed by atoms with van der Waals surface area (Å²) in [6.45, 7) is 6.66. The molecule has 6 heteroatoms. The summed E-state index contributed by atoms with van der Waals surface area (Å²) in [7, 11) is 0. The average Bonchev–Trinajstić information content (AvgIpc) is 2.88. The van der Waals surface area contributed by atoms with Crippen molar-refractivity contribution in [1.29, 1.82) is 0 Å². The minimum atomic E-state index is -0.608. The molecule has 3 saturated carbocycles. The van der Waals surface area contributed by atoms with Gasteiger partial charge in [0, 0.05) is 31.0 Å². The molecule has 0 bridgehead atoms. The van der Waals surface area contributed by atoms with Crippen molar-refractivity contribution in [2.75, 3.05) is 0 Å². The third-order valence-electron chi connectivity index (χ3n) is 9.39. The van der Waals surface area contributed by atoms with Gasteiger partial charge in [0.05, 0.1) is 5.92 Å². The number of amides is 3. The Labute approximate surface area is 219 Å². The van der Waals surface area contributed by atoms with E-state index >= 15 is 0 Å². The molecule has 3 aliphatic carbocycles. The van der Waals surface area contributed by atoms with Crippen LogP contribution in [0.5, 0.6) is 0 Å². The molecule has 0 aliphatic heterocycles. The molecule has 3 N–H and O–H groups in total. The fourth-order valence-corrected chi connectivity index (χ4v) is 6.98. The molecule has 0 aromatic rings. The zero-order chi connectivity index (χ0) is 25.9. The predicted octanol–water partition coefficient (Wildman–Crippen LogP) is 5.64. The molecule has 6 atom stereocenters. The van der Waals surface area contributed by atoms with Gasteiger partial charge in [-0.25, -0.2) is 0 Å². The molecule has 0 radical (unpaired) electrons. The van der Waals surface area contributed by atoms with Crippen molar-refractivity contribution in [3.8, 4) is 0 Å². The molecule has 36 heavy (non-hydrogen) atoms. The zero-order valence-electron chi connectivity index (χ0n) is 23.3. The summed E-state index contributed by atoms with van der Waals surface area (Å²) in [4.78, 5) is 39.5. The van der Waals surface area contributed by atoms with Crippen molar-refractivity contribution in [1.82, 2.24) is 16.0 Å². The monoisotopic (exact) mass is 503 g/mol. The number of rotatable bonds is 11. The third kappa shape index (κ3) is 9.37. The van der Waals surface area contributed by atoms with E-state index in [4.69, 9.17) is 0 Å². The van der Waals surface area contributed by atoms with E-state index < -0.39 is 5.92 Å². The summed E-state index contributed by atoms with van der Waals surface area (Å²) in [5.41, 5.74) is 0. The largest absolute Gasteiger partial charge is 0.353 e. The van der Waals surface area contributed by atoms with Crippen LogP contribution in [-0.4, -0.2) is 35.8 Å². The molecular formula is C30H53N3O3. The lowest BCUT2D eigenvalue weighted by molar-refractivity contribution is -0.134. The Morgan fingerprint density at radius 2 is 0.944 bits per heavy atom. The van der Waals surface area contributed by atoms with E-state index in [2.05, 4.69) is 36.7 Å². The number of hydrogen-bond donors (Lipinski definition) is 3. The van der Waals surface area contributed by atoms with E-state index in [1.807, 2.05) is 0 Å². The molecule has 206 valence electrons. The maximum absolute atomic E-state index is 13.4. The highest BCUT2D eigenvalue weighted by molar-refractivity contribution is 5.90. The normalized spacial score (nSPS) is 31.8. The Kier molecular flexibility index (Phi) is 12.1. The molecular weight excluding hydrogens is 450 g/mol. The Bertz CT molecular complexity index is 672. The lowest BCUT2D eigenvalue weighted by Gasteiger charge is -2.32. The van der Waals surface area contributed by atoms with Crippen LogP contribution in [0.25, 0.3) is 0 Å². The molecule has 6 nitrogen and oxygen atoms in total. The molecule has 0 saturated heterocycles. The van der Waals surface area contributed by atoms with Gasteiger partial charge in [-0.05, 0) is 56.3 Å². The van der Waals surface area contributed by atoms with Crippen molar-refractivity contribution in [3.63, 3.8) is 0 Å². The minimum Gasteiger partial charge on any atom is -0.353 e. The summed E-state index contributed by atoms with van der Waals surface area (Å²) in [5, 5.41) is 9.65. The van der Waals surface area contributed by atoms with E-state index in [-0.39, 0.29) is 48.7 Å². The number of carbonyl (C=O) groups excluding carboxylic acids is 3. The first kappa shape index (κ1) is 29.0. The van der Waals surface area contributed by atoms with Gasteiger partial charge in [0.2, 0.25) is 17.7 Å². The molecule has 0 aromatic heterocycles. The molecule has 3 fully saturated rings. The first-order valence-electron chi connectivity index (χ1n) is 15.3. The Morgan fingerprint density at radius 1 is 0.583 bits per heavy atom. The van der Waals surface area contributed by atoms with Crippen molar-refractivity contribution in [2.45, 2.75) is 148 Å². The molecule has 6 unspecified atom stereocenters. The highest BCUT2D eigenvalue weighted by atomic mass is 16.2. The summed E-state index contributed by atoms with van der Waals surface area (Å²) in [5.74, 6) is 1.12. The zero-order valence-corrected chi connectivity index (χ0v) is 23.3. The fraction of sp³-hybridized carbons (Fsp3) is 0.900. The molecule has 3 amide bonds. The lowest BCUT2D eigenvalue weighted by atomic mass is 9.83. The standard InChI is InChI=1S/C30H53N3O3/c1-4-21-10-7-13-25(16-21)31-28(34)19-24(30(36)33-27-15-9-12-23(6-3)18-27)20-29(35)32-26-14-8-11-22(5-2)17-26/h21-27H,4-20H2,1-3H3,(H,31,34)(H,32,35)(H,33,36). The first-order chi connectivity index (χ1) is 17.4. The maximum atomic E-state index is 13.4. The van der Waals surface area contributed by atoms with Crippen LogP contribution in [0.3, 0.4) is 0 Å². The Hall–Kier alpha value is -1.59. The second kappa shape index (κ2) is 15.0. The summed E-state index contributed by atoms with van der Waals surface area (Å²) in [6.07, 6.45) is 16.9. The van der Waals surface area contributed by atoms with Crippen LogP contribution in [0.2, 0.25) is 0 Å². The van der Waals surface area contributed by atoms with Crippen LogP contribution < -0.4 is 16.0 Å². The van der Waals surface area contributed by atoms with Crippen LogP contribution in [0.4, 0.5) is 0 Å². The smallest absolute Gasteiger partial charge is 0.224 e. The van der Waals surface area contributed by atoms with Gasteiger partial charge in [0.15, 0.2) is 0 Å². The second-order valence-corrected chi connectivity index (χ2v) is 12.2. The molecule has 3 rings (SSSR count). The number of nitrogens with one attached hydrogen (secondary N) is 3. The van der Waals surface area contributed by atoms with Crippen LogP contribution in [0.15, 0.2) is 0 Å². The first-order valence-corrected chi connectivity index (χ1v) is 15.3. The fourth-order valence-electron chi connectivity index (χ4n) is 6.98. The molecule has 0 spiro atoms. The molecule has 3 aliphatic rings. The van der Waals surface area contributed by atoms with E-state index in [0.29, 0.717) is 17.8 Å². The van der Waals surface area contributed by atoms with E-state index in [0.717, 1.165) is 77.0 Å². The SMILES string of the molecule is CCC1CCCC(NC(=O)CC(CC(=O)NC2CCCC(CC)C2)C(=O)NC2CCCC(CC)C2)C1.